The van der Waals surface area contributed by atoms with E-state index in [1.807, 2.05) is 0 Å². The Kier molecular flexibility index (Phi) is 0.869. The molecule has 0 radical (unpaired) electrons. The molecule has 0 aliphatic heterocycles. The summed E-state index contributed by atoms with van der Waals surface area (Å²) < 4.78 is 0. The molecule has 0 spiro atoms. The SMILES string of the molecule is C=C1C2CC3CC1C(C2)C3=O. The van der Waals surface area contributed by atoms with Crippen LogP contribution in [0.1, 0.15) is 19.3 Å². The zero-order chi connectivity index (χ0) is 7.59. The molecule has 0 heterocycles. The summed E-state index contributed by atoms with van der Waals surface area (Å²) in [6, 6.07) is 0. The van der Waals surface area contributed by atoms with Crippen molar-refractivity contribution in [2.75, 3.05) is 0 Å². The van der Waals surface area contributed by atoms with Gasteiger partial charge < -0.3 is 0 Å². The first-order valence-corrected chi connectivity index (χ1v) is 4.50. The lowest BCUT2D eigenvalue weighted by Gasteiger charge is -2.24. The summed E-state index contributed by atoms with van der Waals surface area (Å²) in [5.41, 5.74) is 1.40. The Balaban J connectivity index is 2.11. The fraction of sp³-hybridized carbons (Fsp3) is 0.700. The molecule has 11 heavy (non-hydrogen) atoms. The van der Waals surface area contributed by atoms with Crippen molar-refractivity contribution in [1.29, 1.82) is 0 Å². The second kappa shape index (κ2) is 1.60. The highest BCUT2D eigenvalue weighted by atomic mass is 16.1. The molecular weight excluding hydrogens is 136 g/mol. The molecule has 0 N–H and O–H groups in total. The Morgan fingerprint density at radius 3 is 2.55 bits per heavy atom. The van der Waals surface area contributed by atoms with E-state index < -0.39 is 0 Å². The van der Waals surface area contributed by atoms with Gasteiger partial charge in [-0.3, -0.25) is 4.79 Å². The van der Waals surface area contributed by atoms with E-state index >= 15 is 0 Å². The van der Waals surface area contributed by atoms with Gasteiger partial charge in [0, 0.05) is 11.8 Å². The fourth-order valence-electron chi connectivity index (χ4n) is 3.34. The zero-order valence-corrected chi connectivity index (χ0v) is 6.55. The van der Waals surface area contributed by atoms with E-state index in [2.05, 4.69) is 6.58 Å². The molecule has 1 heteroatoms. The van der Waals surface area contributed by atoms with E-state index in [0.717, 1.165) is 25.2 Å². The van der Waals surface area contributed by atoms with Crippen LogP contribution in [-0.2, 0) is 4.79 Å². The van der Waals surface area contributed by atoms with Gasteiger partial charge in [-0.2, -0.15) is 0 Å². The molecule has 0 saturated heterocycles. The molecule has 0 amide bonds. The highest BCUT2D eigenvalue weighted by Crippen LogP contribution is 2.58. The normalized spacial score (nSPS) is 52.7. The first kappa shape index (κ1) is 5.99. The van der Waals surface area contributed by atoms with E-state index in [4.69, 9.17) is 0 Å². The van der Waals surface area contributed by atoms with Gasteiger partial charge in [-0.15, -0.1) is 0 Å². The van der Waals surface area contributed by atoms with Crippen LogP contribution in [0.25, 0.3) is 0 Å². The summed E-state index contributed by atoms with van der Waals surface area (Å²) >= 11 is 0. The number of hydrogen-bond donors (Lipinski definition) is 0. The van der Waals surface area contributed by atoms with E-state index in [-0.39, 0.29) is 0 Å². The predicted molar refractivity (Wildman–Crippen MR) is 42.0 cm³/mol. The van der Waals surface area contributed by atoms with Crippen molar-refractivity contribution in [2.24, 2.45) is 23.7 Å². The third-order valence-corrected chi connectivity index (χ3v) is 3.90. The summed E-state index contributed by atoms with van der Waals surface area (Å²) in [6.07, 6.45) is 3.41. The summed E-state index contributed by atoms with van der Waals surface area (Å²) in [5.74, 6) is 2.73. The fourth-order valence-corrected chi connectivity index (χ4v) is 3.34. The first-order chi connectivity index (χ1) is 5.27. The van der Waals surface area contributed by atoms with Crippen molar-refractivity contribution >= 4 is 5.78 Å². The molecule has 4 saturated carbocycles. The minimum Gasteiger partial charge on any atom is -0.299 e. The van der Waals surface area contributed by atoms with Gasteiger partial charge in [-0.05, 0) is 31.1 Å². The van der Waals surface area contributed by atoms with Gasteiger partial charge in [-0.1, -0.05) is 12.2 Å². The van der Waals surface area contributed by atoms with Crippen LogP contribution in [0.2, 0.25) is 0 Å². The highest BCUT2D eigenvalue weighted by Gasteiger charge is 2.55. The maximum absolute atomic E-state index is 11.5. The molecule has 58 valence electrons. The topological polar surface area (TPSA) is 17.1 Å². The Morgan fingerprint density at radius 2 is 1.82 bits per heavy atom. The van der Waals surface area contributed by atoms with Crippen molar-refractivity contribution in [3.63, 3.8) is 0 Å². The van der Waals surface area contributed by atoms with Gasteiger partial charge >= 0.3 is 0 Å². The van der Waals surface area contributed by atoms with Crippen LogP contribution in [0.4, 0.5) is 0 Å². The number of hydrogen-bond acceptors (Lipinski definition) is 1. The number of Topliss-reactive ketones (excluding diaryl/α,β-unsaturated/α-hetero) is 1. The Hall–Kier alpha value is -0.590. The van der Waals surface area contributed by atoms with Crippen LogP contribution in [0, 0.1) is 23.7 Å². The van der Waals surface area contributed by atoms with Crippen LogP contribution >= 0.6 is 0 Å². The Bertz CT molecular complexity index is 224. The van der Waals surface area contributed by atoms with E-state index in [1.165, 1.54) is 5.57 Å². The third kappa shape index (κ3) is 0.524. The molecule has 4 atom stereocenters. The molecule has 4 aliphatic carbocycles. The Morgan fingerprint density at radius 1 is 1.09 bits per heavy atom. The zero-order valence-electron chi connectivity index (χ0n) is 6.55. The van der Waals surface area contributed by atoms with E-state index in [0.29, 0.717) is 23.5 Å². The third-order valence-electron chi connectivity index (χ3n) is 3.90. The molecule has 1 nitrogen and oxygen atoms in total. The Labute approximate surface area is 66.5 Å². The van der Waals surface area contributed by atoms with Crippen molar-refractivity contribution < 1.29 is 4.79 Å². The quantitative estimate of drug-likeness (QED) is 0.479. The van der Waals surface area contributed by atoms with Crippen molar-refractivity contribution in [3.05, 3.63) is 12.2 Å². The summed E-state index contributed by atoms with van der Waals surface area (Å²) in [7, 11) is 0. The number of rotatable bonds is 0. The number of allylic oxidation sites excluding steroid dienone is 1. The van der Waals surface area contributed by atoms with Gasteiger partial charge in [0.1, 0.15) is 5.78 Å². The van der Waals surface area contributed by atoms with Crippen LogP contribution in [0.3, 0.4) is 0 Å². The van der Waals surface area contributed by atoms with Crippen molar-refractivity contribution in [1.82, 2.24) is 0 Å². The van der Waals surface area contributed by atoms with Crippen LogP contribution in [0.15, 0.2) is 12.2 Å². The van der Waals surface area contributed by atoms with Gasteiger partial charge in [0.05, 0.1) is 0 Å². The number of ketones is 1. The molecule has 4 fully saturated rings. The molecule has 4 rings (SSSR count). The van der Waals surface area contributed by atoms with Gasteiger partial charge in [0.2, 0.25) is 0 Å². The largest absolute Gasteiger partial charge is 0.299 e. The van der Waals surface area contributed by atoms with Crippen molar-refractivity contribution in [2.45, 2.75) is 19.3 Å². The van der Waals surface area contributed by atoms with Crippen molar-refractivity contribution in [3.8, 4) is 0 Å². The average Bonchev–Trinajstić information content (AvgIpc) is 2.37. The minimum atomic E-state index is 0.409. The molecule has 4 unspecified atom stereocenters. The van der Waals surface area contributed by atoms with Gasteiger partial charge in [-0.25, -0.2) is 0 Å². The summed E-state index contributed by atoms with van der Waals surface area (Å²) in [4.78, 5) is 11.5. The van der Waals surface area contributed by atoms with Crippen LogP contribution < -0.4 is 0 Å². The summed E-state index contributed by atoms with van der Waals surface area (Å²) in [6.45, 7) is 4.10. The van der Waals surface area contributed by atoms with E-state index in [9.17, 15) is 4.79 Å². The molecule has 4 bridgehead atoms. The second-order valence-electron chi connectivity index (χ2n) is 4.29. The molecule has 0 aromatic carbocycles. The molecule has 0 aromatic heterocycles. The first-order valence-electron chi connectivity index (χ1n) is 4.50. The lowest BCUT2D eigenvalue weighted by atomic mass is 9.79. The number of carbonyl (C=O) groups is 1. The highest BCUT2D eigenvalue weighted by molar-refractivity contribution is 5.88. The van der Waals surface area contributed by atoms with Crippen LogP contribution in [0.5, 0.6) is 0 Å². The second-order valence-corrected chi connectivity index (χ2v) is 4.29. The predicted octanol–water partition coefficient (Wildman–Crippen LogP) is 1.79. The van der Waals surface area contributed by atoms with E-state index in [1.54, 1.807) is 0 Å². The molecular formula is C10H12O. The van der Waals surface area contributed by atoms with Gasteiger partial charge in [0.15, 0.2) is 0 Å². The standard InChI is InChI=1S/C10H12O/c1-5-6-2-7-4-8(5)9(3-6)10(7)11/h6-9H,1-4H2. The average molecular weight is 148 g/mol. The lowest BCUT2D eigenvalue weighted by Crippen LogP contribution is -2.22. The maximum atomic E-state index is 11.5. The minimum absolute atomic E-state index is 0.409. The molecule has 0 aromatic rings. The smallest absolute Gasteiger partial charge is 0.139 e. The lowest BCUT2D eigenvalue weighted by molar-refractivity contribution is -0.125. The van der Waals surface area contributed by atoms with Gasteiger partial charge in [0.25, 0.3) is 0 Å². The van der Waals surface area contributed by atoms with Crippen LogP contribution in [-0.4, -0.2) is 5.78 Å². The monoisotopic (exact) mass is 148 g/mol. The number of carbonyl (C=O) groups excluding carboxylic acids is 1. The maximum Gasteiger partial charge on any atom is 0.139 e. The summed E-state index contributed by atoms with van der Waals surface area (Å²) in [5, 5.41) is 0. The molecule has 4 aliphatic rings.